The molecule has 1 aromatic carbocycles. The lowest BCUT2D eigenvalue weighted by Crippen LogP contribution is -2.48. The lowest BCUT2D eigenvalue weighted by atomic mass is 9.76. The van der Waals surface area contributed by atoms with E-state index >= 15 is 0 Å². The highest BCUT2D eigenvalue weighted by molar-refractivity contribution is 7.88. The van der Waals surface area contributed by atoms with Gasteiger partial charge >= 0.3 is 0 Å². The van der Waals surface area contributed by atoms with Crippen LogP contribution in [0.4, 0.5) is 11.4 Å². The van der Waals surface area contributed by atoms with E-state index in [-0.39, 0.29) is 22.7 Å². The number of fused-ring (bicyclic) bond motifs is 1. The number of anilines is 2. The van der Waals surface area contributed by atoms with Gasteiger partial charge in [-0.3, -0.25) is 9.59 Å². The van der Waals surface area contributed by atoms with E-state index in [0.29, 0.717) is 56.0 Å². The van der Waals surface area contributed by atoms with E-state index in [1.807, 2.05) is 26.0 Å². The van der Waals surface area contributed by atoms with Crippen molar-refractivity contribution in [2.24, 2.45) is 5.41 Å². The molecule has 0 saturated carbocycles. The summed E-state index contributed by atoms with van der Waals surface area (Å²) in [5.74, 6) is 0.149. The minimum absolute atomic E-state index is 0.0614. The fraction of sp³-hybridized carbons (Fsp3) is 0.455. The smallest absolute Gasteiger partial charge is 0.259 e. The van der Waals surface area contributed by atoms with Crippen LogP contribution in [0.25, 0.3) is 0 Å². The third kappa shape index (κ3) is 4.52. The fourth-order valence-corrected chi connectivity index (χ4v) is 5.08. The number of hydrogen-bond acceptors (Lipinski definition) is 6. The van der Waals surface area contributed by atoms with Crippen molar-refractivity contribution in [3.63, 3.8) is 0 Å². The molecule has 0 bridgehead atoms. The maximum absolute atomic E-state index is 12.8. The van der Waals surface area contributed by atoms with Crippen molar-refractivity contribution >= 4 is 33.1 Å². The fourth-order valence-electron chi connectivity index (χ4n) is 4.25. The maximum atomic E-state index is 12.8. The third-order valence-electron chi connectivity index (χ3n) is 5.87. The second-order valence-corrected chi connectivity index (χ2v) is 11.0. The topological polar surface area (TPSA) is 99.9 Å². The summed E-state index contributed by atoms with van der Waals surface area (Å²) in [6.07, 6.45) is 3.62. The van der Waals surface area contributed by atoms with Gasteiger partial charge in [-0.05, 0) is 29.7 Å². The second-order valence-electron chi connectivity index (χ2n) is 9.04. The van der Waals surface area contributed by atoms with Crippen molar-refractivity contribution in [1.29, 1.82) is 0 Å². The first-order valence-electron chi connectivity index (χ1n) is 10.3. The zero-order valence-electron chi connectivity index (χ0n) is 18.0. The number of nitrogens with one attached hydrogen (secondary N) is 1. The Bertz CT molecular complexity index is 1110. The molecular formula is C22H27N3O5S. The van der Waals surface area contributed by atoms with Crippen molar-refractivity contribution in [2.45, 2.75) is 26.7 Å². The monoisotopic (exact) mass is 445 g/mol. The van der Waals surface area contributed by atoms with Gasteiger partial charge in [0.1, 0.15) is 12.0 Å². The molecular weight excluding hydrogens is 418 g/mol. The first kappa shape index (κ1) is 21.6. The quantitative estimate of drug-likeness (QED) is 0.777. The molecule has 1 aliphatic carbocycles. The van der Waals surface area contributed by atoms with Crippen LogP contribution in [0.3, 0.4) is 0 Å². The largest absolute Gasteiger partial charge is 0.468 e. The predicted molar refractivity (Wildman–Crippen MR) is 118 cm³/mol. The normalized spacial score (nSPS) is 19.2. The maximum Gasteiger partial charge on any atom is 0.259 e. The second kappa shape index (κ2) is 7.80. The Kier molecular flexibility index (Phi) is 5.43. The molecule has 1 aliphatic heterocycles. The van der Waals surface area contributed by atoms with Gasteiger partial charge in [0.05, 0.1) is 17.4 Å². The highest BCUT2D eigenvalue weighted by atomic mass is 32.2. The van der Waals surface area contributed by atoms with Crippen LogP contribution >= 0.6 is 0 Å². The standard InChI is InChI=1S/C22H27N3O5S/c1-22(2)12-18(26)20-17(14-30-19(20)13-22)21(27)23-15-4-6-16(7-5-15)24-8-10-25(11-9-24)31(3,28)29/h4-7,14H,8-13H2,1-3H3,(H,23,27). The minimum atomic E-state index is -3.16. The van der Waals surface area contributed by atoms with Crippen LogP contribution in [0.15, 0.2) is 34.9 Å². The number of Topliss-reactive ketones (excluding diaryl/α,β-unsaturated/α-hetero) is 1. The van der Waals surface area contributed by atoms with Gasteiger partial charge in [0, 0.05) is 50.4 Å². The van der Waals surface area contributed by atoms with Crippen LogP contribution in [0.5, 0.6) is 0 Å². The Morgan fingerprint density at radius 2 is 1.71 bits per heavy atom. The number of nitrogens with zero attached hydrogens (tertiary/aromatic N) is 2. The highest BCUT2D eigenvalue weighted by Gasteiger charge is 2.36. The molecule has 4 rings (SSSR count). The van der Waals surface area contributed by atoms with E-state index < -0.39 is 10.0 Å². The van der Waals surface area contributed by atoms with Crippen molar-refractivity contribution in [2.75, 3.05) is 42.7 Å². The summed E-state index contributed by atoms with van der Waals surface area (Å²) >= 11 is 0. The number of carbonyl (C=O) groups excluding carboxylic acids is 2. The van der Waals surface area contributed by atoms with Crippen molar-refractivity contribution < 1.29 is 22.4 Å². The van der Waals surface area contributed by atoms with Crippen molar-refractivity contribution in [1.82, 2.24) is 4.31 Å². The van der Waals surface area contributed by atoms with Crippen LogP contribution in [0.1, 0.15) is 46.7 Å². The van der Waals surface area contributed by atoms with E-state index in [0.717, 1.165) is 5.69 Å². The number of amides is 1. The number of ketones is 1. The van der Waals surface area contributed by atoms with Gasteiger partial charge in [0.15, 0.2) is 5.78 Å². The van der Waals surface area contributed by atoms with E-state index in [9.17, 15) is 18.0 Å². The summed E-state index contributed by atoms with van der Waals surface area (Å²) in [6, 6.07) is 7.38. The summed E-state index contributed by atoms with van der Waals surface area (Å²) in [7, 11) is -3.16. The van der Waals surface area contributed by atoms with Crippen molar-refractivity contribution in [3.8, 4) is 0 Å². The highest BCUT2D eigenvalue weighted by Crippen LogP contribution is 2.37. The Hall–Kier alpha value is -2.65. The summed E-state index contributed by atoms with van der Waals surface area (Å²) in [4.78, 5) is 27.4. The zero-order valence-corrected chi connectivity index (χ0v) is 18.8. The SMILES string of the molecule is CC1(C)CC(=O)c2c(C(=O)Nc3ccc(N4CCN(S(C)(=O)=O)CC4)cc3)coc2C1. The van der Waals surface area contributed by atoms with Gasteiger partial charge in [-0.15, -0.1) is 0 Å². The molecule has 1 aromatic heterocycles. The molecule has 166 valence electrons. The van der Waals surface area contributed by atoms with E-state index in [1.165, 1.54) is 16.8 Å². The Morgan fingerprint density at radius 3 is 2.32 bits per heavy atom. The average Bonchev–Trinajstić information content (AvgIpc) is 3.11. The molecule has 2 heterocycles. The van der Waals surface area contributed by atoms with E-state index in [1.54, 1.807) is 12.1 Å². The summed E-state index contributed by atoms with van der Waals surface area (Å²) in [6.45, 7) is 6.15. The van der Waals surface area contributed by atoms with E-state index in [2.05, 4.69) is 10.2 Å². The number of benzene rings is 1. The first-order chi connectivity index (χ1) is 14.5. The number of furan rings is 1. The number of piperazine rings is 1. The average molecular weight is 446 g/mol. The number of rotatable bonds is 4. The van der Waals surface area contributed by atoms with Gasteiger partial charge in [-0.1, -0.05) is 13.8 Å². The molecule has 0 spiro atoms. The van der Waals surface area contributed by atoms with Gasteiger partial charge in [-0.2, -0.15) is 4.31 Å². The Labute approximate surface area is 182 Å². The van der Waals surface area contributed by atoms with Gasteiger partial charge in [-0.25, -0.2) is 8.42 Å². The molecule has 0 radical (unpaired) electrons. The van der Waals surface area contributed by atoms with Gasteiger partial charge in [0.25, 0.3) is 5.91 Å². The zero-order chi connectivity index (χ0) is 22.4. The number of carbonyl (C=O) groups is 2. The molecule has 0 unspecified atom stereocenters. The van der Waals surface area contributed by atoms with Gasteiger partial charge in [0.2, 0.25) is 10.0 Å². The third-order valence-corrected chi connectivity index (χ3v) is 7.17. The molecule has 1 N–H and O–H groups in total. The number of sulfonamides is 1. The molecule has 9 heteroatoms. The minimum Gasteiger partial charge on any atom is -0.468 e. The Morgan fingerprint density at radius 1 is 1.06 bits per heavy atom. The summed E-state index contributed by atoms with van der Waals surface area (Å²) in [5, 5.41) is 2.84. The molecule has 0 atom stereocenters. The molecule has 1 fully saturated rings. The first-order valence-corrected chi connectivity index (χ1v) is 12.1. The Balaban J connectivity index is 1.42. The predicted octanol–water partition coefficient (Wildman–Crippen LogP) is 2.77. The van der Waals surface area contributed by atoms with Gasteiger partial charge < -0.3 is 14.6 Å². The van der Waals surface area contributed by atoms with Crippen LogP contribution in [-0.2, 0) is 16.4 Å². The van der Waals surface area contributed by atoms with Crippen LogP contribution in [0, 0.1) is 5.41 Å². The van der Waals surface area contributed by atoms with Crippen molar-refractivity contribution in [3.05, 3.63) is 47.4 Å². The van der Waals surface area contributed by atoms with Crippen LogP contribution in [-0.4, -0.2) is 56.8 Å². The molecule has 1 amide bonds. The lowest BCUT2D eigenvalue weighted by molar-refractivity contribution is 0.0895. The molecule has 2 aromatic rings. The molecule has 2 aliphatic rings. The summed E-state index contributed by atoms with van der Waals surface area (Å²) in [5.41, 5.74) is 2.08. The van der Waals surface area contributed by atoms with Crippen LogP contribution < -0.4 is 10.2 Å². The van der Waals surface area contributed by atoms with Crippen LogP contribution in [0.2, 0.25) is 0 Å². The summed E-state index contributed by atoms with van der Waals surface area (Å²) < 4.78 is 30.3. The van der Waals surface area contributed by atoms with E-state index in [4.69, 9.17) is 4.42 Å². The molecule has 1 saturated heterocycles. The lowest BCUT2D eigenvalue weighted by Gasteiger charge is -2.34. The number of hydrogen-bond donors (Lipinski definition) is 1. The molecule has 8 nitrogen and oxygen atoms in total. The molecule has 31 heavy (non-hydrogen) atoms.